The van der Waals surface area contributed by atoms with Crippen molar-refractivity contribution in [1.82, 2.24) is 5.16 Å². The van der Waals surface area contributed by atoms with Crippen LogP contribution in [0.15, 0.2) is 39.3 Å². The van der Waals surface area contributed by atoms with E-state index < -0.39 is 0 Å². The molecule has 0 saturated carbocycles. The normalized spacial score (nSPS) is 11.1. The standard InChI is InChI=1S/C12H10N2O2/c1-7-5-9-8(3-2-4-10(9)15-7)11-6-12(13)14-16-11/h2-6H,1H3,(H2,13,14). The van der Waals surface area contributed by atoms with Crippen LogP contribution in [0.3, 0.4) is 0 Å². The van der Waals surface area contributed by atoms with Crippen molar-refractivity contribution in [3.8, 4) is 11.3 Å². The minimum absolute atomic E-state index is 0.382. The van der Waals surface area contributed by atoms with Gasteiger partial charge in [0.2, 0.25) is 0 Å². The summed E-state index contributed by atoms with van der Waals surface area (Å²) in [6.07, 6.45) is 0. The Morgan fingerprint density at radius 2 is 2.12 bits per heavy atom. The van der Waals surface area contributed by atoms with Gasteiger partial charge in [-0.15, -0.1) is 0 Å². The molecule has 0 radical (unpaired) electrons. The molecule has 0 saturated heterocycles. The van der Waals surface area contributed by atoms with E-state index in [1.54, 1.807) is 6.07 Å². The average molecular weight is 214 g/mol. The molecule has 16 heavy (non-hydrogen) atoms. The van der Waals surface area contributed by atoms with Crippen LogP contribution < -0.4 is 5.73 Å². The number of rotatable bonds is 1. The number of aryl methyl sites for hydroxylation is 1. The largest absolute Gasteiger partial charge is 0.461 e. The van der Waals surface area contributed by atoms with Crippen LogP contribution in [-0.4, -0.2) is 5.16 Å². The molecule has 2 heterocycles. The van der Waals surface area contributed by atoms with E-state index in [1.165, 1.54) is 0 Å². The Hall–Kier alpha value is -2.23. The van der Waals surface area contributed by atoms with Gasteiger partial charge in [-0.3, -0.25) is 0 Å². The van der Waals surface area contributed by atoms with Gasteiger partial charge in [-0.05, 0) is 19.1 Å². The first-order chi connectivity index (χ1) is 7.74. The second-order valence-corrected chi connectivity index (χ2v) is 3.69. The van der Waals surface area contributed by atoms with Crippen LogP contribution in [0.5, 0.6) is 0 Å². The lowest BCUT2D eigenvalue weighted by atomic mass is 10.1. The lowest BCUT2D eigenvalue weighted by Crippen LogP contribution is -1.80. The molecule has 1 aromatic carbocycles. The first-order valence-electron chi connectivity index (χ1n) is 4.96. The first kappa shape index (κ1) is 9.03. The fourth-order valence-electron chi connectivity index (χ4n) is 1.82. The molecule has 3 rings (SSSR count). The van der Waals surface area contributed by atoms with Crippen LogP contribution in [0, 0.1) is 6.92 Å². The Balaban J connectivity index is 2.30. The van der Waals surface area contributed by atoms with E-state index in [-0.39, 0.29) is 0 Å². The van der Waals surface area contributed by atoms with Crippen molar-refractivity contribution in [2.75, 3.05) is 5.73 Å². The van der Waals surface area contributed by atoms with E-state index in [9.17, 15) is 0 Å². The number of fused-ring (bicyclic) bond motifs is 1. The van der Waals surface area contributed by atoms with E-state index in [0.29, 0.717) is 11.6 Å². The zero-order chi connectivity index (χ0) is 11.1. The molecule has 4 nitrogen and oxygen atoms in total. The molecule has 0 amide bonds. The van der Waals surface area contributed by atoms with E-state index in [2.05, 4.69) is 5.16 Å². The summed E-state index contributed by atoms with van der Waals surface area (Å²) in [6.45, 7) is 1.92. The lowest BCUT2D eigenvalue weighted by Gasteiger charge is -1.95. The SMILES string of the molecule is Cc1cc2c(-c3cc(N)no3)cccc2o1. The van der Waals surface area contributed by atoms with Gasteiger partial charge < -0.3 is 14.7 Å². The summed E-state index contributed by atoms with van der Waals surface area (Å²) >= 11 is 0. The van der Waals surface area contributed by atoms with Crippen LogP contribution in [-0.2, 0) is 0 Å². The predicted octanol–water partition coefficient (Wildman–Crippen LogP) is 2.98. The minimum atomic E-state index is 0.382. The molecule has 0 atom stereocenters. The number of anilines is 1. The summed E-state index contributed by atoms with van der Waals surface area (Å²) in [4.78, 5) is 0. The molecule has 0 aliphatic heterocycles. The number of furan rings is 1. The van der Waals surface area contributed by atoms with Gasteiger partial charge in [-0.2, -0.15) is 0 Å². The van der Waals surface area contributed by atoms with Gasteiger partial charge in [0.1, 0.15) is 11.3 Å². The molecule has 80 valence electrons. The molecule has 0 aliphatic carbocycles. The lowest BCUT2D eigenvalue weighted by molar-refractivity contribution is 0.436. The summed E-state index contributed by atoms with van der Waals surface area (Å²) in [5, 5.41) is 4.69. The Bertz CT molecular complexity index is 652. The number of nitrogens with zero attached hydrogens (tertiary/aromatic N) is 1. The highest BCUT2D eigenvalue weighted by Crippen LogP contribution is 2.31. The summed E-state index contributed by atoms with van der Waals surface area (Å²) in [5.74, 6) is 1.91. The highest BCUT2D eigenvalue weighted by atomic mass is 16.5. The summed E-state index contributed by atoms with van der Waals surface area (Å²) in [6, 6.07) is 9.47. The second-order valence-electron chi connectivity index (χ2n) is 3.69. The number of benzene rings is 1. The van der Waals surface area contributed by atoms with Crippen LogP contribution in [0.25, 0.3) is 22.3 Å². The van der Waals surface area contributed by atoms with Gasteiger partial charge in [0.05, 0.1) is 0 Å². The van der Waals surface area contributed by atoms with Crippen LogP contribution >= 0.6 is 0 Å². The third kappa shape index (κ3) is 1.27. The quantitative estimate of drug-likeness (QED) is 0.676. The van der Waals surface area contributed by atoms with Crippen molar-refractivity contribution in [1.29, 1.82) is 0 Å². The maximum Gasteiger partial charge on any atom is 0.169 e. The van der Waals surface area contributed by atoms with Crippen LogP contribution in [0.1, 0.15) is 5.76 Å². The third-order valence-electron chi connectivity index (χ3n) is 2.48. The van der Waals surface area contributed by atoms with Crippen molar-refractivity contribution in [2.45, 2.75) is 6.92 Å². The topological polar surface area (TPSA) is 65.2 Å². The van der Waals surface area contributed by atoms with Crippen molar-refractivity contribution in [3.63, 3.8) is 0 Å². The average Bonchev–Trinajstić information content (AvgIpc) is 2.82. The number of nitrogens with two attached hydrogens (primary N) is 1. The zero-order valence-corrected chi connectivity index (χ0v) is 8.73. The van der Waals surface area contributed by atoms with Crippen molar-refractivity contribution >= 4 is 16.8 Å². The van der Waals surface area contributed by atoms with Gasteiger partial charge in [0, 0.05) is 17.0 Å². The van der Waals surface area contributed by atoms with Crippen LogP contribution in [0.4, 0.5) is 5.82 Å². The Kier molecular flexibility index (Phi) is 1.77. The molecular weight excluding hydrogens is 204 g/mol. The smallest absolute Gasteiger partial charge is 0.169 e. The fraction of sp³-hybridized carbons (Fsp3) is 0.0833. The predicted molar refractivity (Wildman–Crippen MR) is 60.9 cm³/mol. The highest BCUT2D eigenvalue weighted by molar-refractivity contribution is 5.93. The monoisotopic (exact) mass is 214 g/mol. The Morgan fingerprint density at radius 3 is 2.88 bits per heavy atom. The zero-order valence-electron chi connectivity index (χ0n) is 8.73. The Morgan fingerprint density at radius 1 is 1.25 bits per heavy atom. The third-order valence-corrected chi connectivity index (χ3v) is 2.48. The Labute approximate surface area is 91.6 Å². The number of aromatic nitrogens is 1. The summed E-state index contributed by atoms with van der Waals surface area (Å²) in [7, 11) is 0. The number of hydrogen-bond acceptors (Lipinski definition) is 4. The molecule has 2 N–H and O–H groups in total. The highest BCUT2D eigenvalue weighted by Gasteiger charge is 2.11. The van der Waals surface area contributed by atoms with Crippen LogP contribution in [0.2, 0.25) is 0 Å². The van der Waals surface area contributed by atoms with Crippen molar-refractivity contribution in [2.24, 2.45) is 0 Å². The van der Waals surface area contributed by atoms with E-state index in [4.69, 9.17) is 14.7 Å². The first-order valence-corrected chi connectivity index (χ1v) is 4.96. The molecule has 4 heteroatoms. The van der Waals surface area contributed by atoms with Gasteiger partial charge in [0.25, 0.3) is 0 Å². The molecule has 0 aliphatic rings. The second kappa shape index (κ2) is 3.13. The van der Waals surface area contributed by atoms with E-state index in [1.807, 2.05) is 31.2 Å². The van der Waals surface area contributed by atoms with E-state index >= 15 is 0 Å². The van der Waals surface area contributed by atoms with Gasteiger partial charge in [-0.25, -0.2) is 0 Å². The molecule has 3 aromatic rings. The maximum absolute atomic E-state index is 5.54. The molecule has 0 fully saturated rings. The number of nitrogen functional groups attached to an aromatic ring is 1. The molecular formula is C12H10N2O2. The van der Waals surface area contributed by atoms with Crippen molar-refractivity contribution < 1.29 is 8.94 Å². The van der Waals surface area contributed by atoms with Gasteiger partial charge in [0.15, 0.2) is 11.6 Å². The fourth-order valence-corrected chi connectivity index (χ4v) is 1.82. The van der Waals surface area contributed by atoms with E-state index in [0.717, 1.165) is 22.3 Å². The van der Waals surface area contributed by atoms with Gasteiger partial charge >= 0.3 is 0 Å². The molecule has 0 unspecified atom stereocenters. The molecule has 2 aromatic heterocycles. The minimum Gasteiger partial charge on any atom is -0.461 e. The summed E-state index contributed by atoms with van der Waals surface area (Å²) in [5.41, 5.74) is 7.32. The summed E-state index contributed by atoms with van der Waals surface area (Å²) < 4.78 is 10.7. The number of hydrogen-bond donors (Lipinski definition) is 1. The van der Waals surface area contributed by atoms with Gasteiger partial charge in [-0.1, -0.05) is 17.3 Å². The van der Waals surface area contributed by atoms with Crippen molar-refractivity contribution in [3.05, 3.63) is 36.1 Å². The maximum atomic E-state index is 5.54. The molecule has 0 spiro atoms. The molecule has 0 bridgehead atoms.